The minimum Gasteiger partial charge on any atom is -0.427 e. The number of ether oxygens (including phenoxy) is 2. The van der Waals surface area contributed by atoms with Crippen LogP contribution in [0.1, 0.15) is 50.0 Å². The first-order chi connectivity index (χ1) is 16.1. The number of carbonyl (C=O) groups excluding carboxylic acids is 4. The lowest BCUT2D eigenvalue weighted by Crippen LogP contribution is -2.63. The third-order valence-electron chi connectivity index (χ3n) is 5.94. The molecule has 3 rings (SSSR count). The number of esters is 2. The molecule has 35 heavy (non-hydrogen) atoms. The van der Waals surface area contributed by atoms with Crippen LogP contribution in [0.25, 0.3) is 5.57 Å². The van der Waals surface area contributed by atoms with E-state index in [0.29, 0.717) is 17.6 Å². The SMILES string of the molecule is C[C@@H](O[Si](C)(C)C)[C@H]1C(=O)N2C(C(=O)OCOC(=O)C(C)(C)C)=C(c3cccc(C(N)=O)c3)CC12. The Hall–Kier alpha value is -2.98. The van der Waals surface area contributed by atoms with E-state index in [1.165, 1.54) is 4.90 Å². The third kappa shape index (κ3) is 5.65. The largest absolute Gasteiger partial charge is 0.427 e. The number of β-lactam (4-membered cyclic amide) rings is 1. The van der Waals surface area contributed by atoms with E-state index in [4.69, 9.17) is 19.6 Å². The van der Waals surface area contributed by atoms with Gasteiger partial charge in [-0.3, -0.25) is 14.4 Å². The van der Waals surface area contributed by atoms with Gasteiger partial charge in [0.05, 0.1) is 23.5 Å². The van der Waals surface area contributed by atoms with Gasteiger partial charge in [-0.05, 0) is 77.0 Å². The summed E-state index contributed by atoms with van der Waals surface area (Å²) in [5, 5.41) is 0. The average molecular weight is 503 g/mol. The van der Waals surface area contributed by atoms with Gasteiger partial charge in [0.15, 0.2) is 8.32 Å². The minimum absolute atomic E-state index is 0.0879. The second-order valence-electron chi connectivity index (χ2n) is 10.9. The molecule has 3 atom stereocenters. The Morgan fingerprint density at radius 2 is 1.83 bits per heavy atom. The maximum Gasteiger partial charge on any atom is 0.358 e. The number of fused-ring (bicyclic) bond motifs is 1. The summed E-state index contributed by atoms with van der Waals surface area (Å²) in [7, 11) is -1.90. The van der Waals surface area contributed by atoms with Gasteiger partial charge < -0.3 is 24.5 Å². The van der Waals surface area contributed by atoms with Crippen LogP contribution >= 0.6 is 0 Å². The van der Waals surface area contributed by atoms with Crippen LogP contribution in [0.15, 0.2) is 30.0 Å². The van der Waals surface area contributed by atoms with Gasteiger partial charge in [0.2, 0.25) is 18.6 Å². The van der Waals surface area contributed by atoms with Gasteiger partial charge in [0.1, 0.15) is 5.70 Å². The van der Waals surface area contributed by atoms with E-state index in [2.05, 4.69) is 19.6 Å². The van der Waals surface area contributed by atoms with Gasteiger partial charge in [-0.2, -0.15) is 0 Å². The van der Waals surface area contributed by atoms with Gasteiger partial charge in [0, 0.05) is 5.56 Å². The predicted octanol–water partition coefficient (Wildman–Crippen LogP) is 3.06. The molecule has 1 unspecified atom stereocenters. The van der Waals surface area contributed by atoms with Crippen LogP contribution in [0.3, 0.4) is 0 Å². The summed E-state index contributed by atoms with van der Waals surface area (Å²) in [6.45, 7) is 12.5. The second kappa shape index (κ2) is 9.58. The van der Waals surface area contributed by atoms with Crippen LogP contribution in [-0.4, -0.2) is 55.9 Å². The Labute approximate surface area is 206 Å². The smallest absolute Gasteiger partial charge is 0.358 e. The monoisotopic (exact) mass is 502 g/mol. The highest BCUT2D eigenvalue weighted by atomic mass is 28.4. The standard InChI is InChI=1S/C25H34N2O7Si/c1-14(34-35(5,6)7)19-18-12-17(15-9-8-10-16(11-15)21(26)28)20(27(18)22(19)29)23(30)32-13-33-24(31)25(2,3)4/h8-11,14,18-19H,12-13H2,1-7H3,(H2,26,28)/t14-,18?,19-/m1/s1. The van der Waals surface area contributed by atoms with Crippen molar-refractivity contribution in [3.63, 3.8) is 0 Å². The second-order valence-corrected chi connectivity index (χ2v) is 15.4. The lowest BCUT2D eigenvalue weighted by atomic mass is 9.82. The molecule has 190 valence electrons. The molecule has 2 heterocycles. The summed E-state index contributed by atoms with van der Waals surface area (Å²) in [4.78, 5) is 51.5. The zero-order valence-corrected chi connectivity index (χ0v) is 22.3. The quantitative estimate of drug-likeness (QED) is 0.251. The number of primary amides is 1. The van der Waals surface area contributed by atoms with Crippen molar-refractivity contribution in [3.8, 4) is 0 Å². The van der Waals surface area contributed by atoms with Crippen LogP contribution in [0, 0.1) is 11.3 Å². The lowest BCUT2D eigenvalue weighted by molar-refractivity contribution is -0.175. The number of hydrogen-bond donors (Lipinski definition) is 1. The first-order valence-corrected chi connectivity index (χ1v) is 15.0. The molecule has 0 aliphatic carbocycles. The van der Waals surface area contributed by atoms with Crippen molar-refractivity contribution in [2.45, 2.75) is 65.9 Å². The predicted molar refractivity (Wildman–Crippen MR) is 131 cm³/mol. The molecular formula is C25H34N2O7Si. The normalized spacial score (nSPS) is 20.8. The highest BCUT2D eigenvalue weighted by Crippen LogP contribution is 2.48. The molecule has 1 fully saturated rings. The van der Waals surface area contributed by atoms with Gasteiger partial charge in [0.25, 0.3) is 0 Å². The van der Waals surface area contributed by atoms with E-state index in [1.807, 2.05) is 6.92 Å². The zero-order chi connectivity index (χ0) is 26.3. The van der Waals surface area contributed by atoms with Crippen LogP contribution in [0.5, 0.6) is 0 Å². The Kier molecular flexibility index (Phi) is 7.28. The molecule has 0 bridgehead atoms. The minimum atomic E-state index is -1.90. The van der Waals surface area contributed by atoms with Crippen molar-refractivity contribution in [1.29, 1.82) is 0 Å². The van der Waals surface area contributed by atoms with Crippen LogP contribution in [0.4, 0.5) is 0 Å². The molecule has 2 amide bonds. The third-order valence-corrected chi connectivity index (χ3v) is 7.01. The molecule has 0 saturated carbocycles. The Bertz CT molecular complexity index is 1080. The highest BCUT2D eigenvalue weighted by Gasteiger charge is 2.57. The summed E-state index contributed by atoms with van der Waals surface area (Å²) in [6, 6.07) is 6.32. The van der Waals surface area contributed by atoms with Crippen molar-refractivity contribution in [1.82, 2.24) is 4.90 Å². The van der Waals surface area contributed by atoms with E-state index in [9.17, 15) is 19.2 Å². The molecule has 2 N–H and O–H groups in total. The number of carbonyl (C=O) groups is 4. The molecule has 1 saturated heterocycles. The topological polar surface area (TPSA) is 125 Å². The van der Waals surface area contributed by atoms with Crippen molar-refractivity contribution >= 4 is 37.6 Å². The maximum atomic E-state index is 13.2. The van der Waals surface area contributed by atoms with Crippen molar-refractivity contribution in [2.75, 3.05) is 6.79 Å². The van der Waals surface area contributed by atoms with Crippen molar-refractivity contribution in [3.05, 3.63) is 41.1 Å². The molecule has 0 aromatic heterocycles. The fraction of sp³-hybridized carbons (Fsp3) is 0.520. The Morgan fingerprint density at radius 1 is 1.17 bits per heavy atom. The number of amides is 2. The molecule has 1 aromatic rings. The molecule has 10 heteroatoms. The Morgan fingerprint density at radius 3 is 2.40 bits per heavy atom. The first-order valence-electron chi connectivity index (χ1n) is 11.6. The number of benzene rings is 1. The molecule has 0 spiro atoms. The fourth-order valence-corrected chi connectivity index (χ4v) is 5.68. The van der Waals surface area contributed by atoms with Crippen LogP contribution in [0.2, 0.25) is 19.6 Å². The van der Waals surface area contributed by atoms with E-state index in [-0.39, 0.29) is 29.3 Å². The van der Waals surface area contributed by atoms with Crippen molar-refractivity contribution < 1.29 is 33.1 Å². The van der Waals surface area contributed by atoms with Gasteiger partial charge in [-0.15, -0.1) is 0 Å². The fourth-order valence-electron chi connectivity index (χ4n) is 4.41. The number of nitrogens with two attached hydrogens (primary N) is 1. The van der Waals surface area contributed by atoms with Crippen LogP contribution in [-0.2, 0) is 28.3 Å². The Balaban J connectivity index is 1.90. The molecule has 9 nitrogen and oxygen atoms in total. The number of hydrogen-bond acceptors (Lipinski definition) is 7. The number of nitrogens with zero attached hydrogens (tertiary/aromatic N) is 1. The van der Waals surface area contributed by atoms with Crippen LogP contribution < -0.4 is 5.73 Å². The van der Waals surface area contributed by atoms with Gasteiger partial charge >= 0.3 is 11.9 Å². The molecular weight excluding hydrogens is 468 g/mol. The van der Waals surface area contributed by atoms with E-state index in [0.717, 1.165) is 0 Å². The van der Waals surface area contributed by atoms with Crippen molar-refractivity contribution in [2.24, 2.45) is 17.1 Å². The summed E-state index contributed by atoms with van der Waals surface area (Å²) in [6.07, 6.45) is 0.0845. The lowest BCUT2D eigenvalue weighted by Gasteiger charge is -2.47. The van der Waals surface area contributed by atoms with E-state index in [1.54, 1.807) is 45.0 Å². The van der Waals surface area contributed by atoms with Gasteiger partial charge in [-0.25, -0.2) is 4.79 Å². The molecule has 2 aliphatic rings. The summed E-state index contributed by atoms with van der Waals surface area (Å²) < 4.78 is 16.5. The molecule has 2 aliphatic heterocycles. The average Bonchev–Trinajstić information content (AvgIpc) is 3.06. The number of rotatable bonds is 8. The van der Waals surface area contributed by atoms with E-state index >= 15 is 0 Å². The summed E-state index contributed by atoms with van der Waals surface area (Å²) >= 11 is 0. The maximum absolute atomic E-state index is 13.2. The highest BCUT2D eigenvalue weighted by molar-refractivity contribution is 6.69. The first kappa shape index (κ1) is 26.6. The summed E-state index contributed by atoms with van der Waals surface area (Å²) in [5.41, 5.74) is 6.23. The molecule has 0 radical (unpaired) electrons. The van der Waals surface area contributed by atoms with E-state index < -0.39 is 44.3 Å². The molecule has 1 aromatic carbocycles. The summed E-state index contributed by atoms with van der Waals surface area (Å²) in [5.74, 6) is -2.52. The zero-order valence-electron chi connectivity index (χ0n) is 21.3. The van der Waals surface area contributed by atoms with Gasteiger partial charge in [-0.1, -0.05) is 12.1 Å².